The van der Waals surface area contributed by atoms with Crippen LogP contribution in [0.25, 0.3) is 0 Å². The number of nitrogens with zero attached hydrogens (tertiary/aromatic N) is 1. The summed E-state index contributed by atoms with van der Waals surface area (Å²) in [5.41, 5.74) is 0.527. The predicted molar refractivity (Wildman–Crippen MR) is 63.9 cm³/mol. The molecule has 3 fully saturated rings. The Hall–Kier alpha value is -0.530. The first kappa shape index (κ1) is 10.6. The molecule has 1 spiro atoms. The van der Waals surface area contributed by atoms with Gasteiger partial charge in [-0.15, -0.1) is 0 Å². The van der Waals surface area contributed by atoms with Crippen LogP contribution in [0.2, 0.25) is 0 Å². The molecule has 0 unspecified atom stereocenters. The van der Waals surface area contributed by atoms with E-state index in [-0.39, 0.29) is 0 Å². The molecule has 0 aromatic rings. The van der Waals surface area contributed by atoms with Crippen LogP contribution >= 0.6 is 0 Å². The highest BCUT2D eigenvalue weighted by molar-refractivity contribution is 5.81. The smallest absolute Gasteiger partial charge is 0.225 e. The predicted octanol–water partition coefficient (Wildman–Crippen LogP) is 2.68. The topological polar surface area (TPSA) is 20.3 Å². The van der Waals surface area contributed by atoms with Crippen LogP contribution in [0.3, 0.4) is 0 Å². The molecular formula is C14H23NO. The zero-order valence-electron chi connectivity index (χ0n) is 10.5. The molecule has 1 atom stereocenters. The maximum absolute atomic E-state index is 12.1. The van der Waals surface area contributed by atoms with E-state index in [1.807, 2.05) is 0 Å². The maximum Gasteiger partial charge on any atom is 0.225 e. The Labute approximate surface area is 98.4 Å². The van der Waals surface area contributed by atoms with E-state index in [1.54, 1.807) is 0 Å². The number of hydrogen-bond donors (Lipinski definition) is 0. The second-order valence-electron chi connectivity index (χ2n) is 6.56. The van der Waals surface area contributed by atoms with E-state index in [0.29, 0.717) is 17.2 Å². The molecule has 2 nitrogen and oxygen atoms in total. The van der Waals surface area contributed by atoms with Crippen molar-refractivity contribution in [1.82, 2.24) is 4.90 Å². The molecular weight excluding hydrogens is 198 g/mol. The molecule has 3 rings (SSSR count). The molecule has 2 aliphatic carbocycles. The van der Waals surface area contributed by atoms with Crippen LogP contribution in [-0.4, -0.2) is 23.9 Å². The van der Waals surface area contributed by atoms with Crippen LogP contribution in [0.5, 0.6) is 0 Å². The van der Waals surface area contributed by atoms with Gasteiger partial charge in [0.05, 0.1) is 0 Å². The number of hydrogen-bond acceptors (Lipinski definition) is 1. The number of rotatable bonds is 2. The number of likely N-dealkylation sites (tertiary alicyclic amines) is 1. The van der Waals surface area contributed by atoms with Gasteiger partial charge in [-0.25, -0.2) is 0 Å². The van der Waals surface area contributed by atoms with Gasteiger partial charge < -0.3 is 4.90 Å². The van der Waals surface area contributed by atoms with Gasteiger partial charge in [0.2, 0.25) is 5.91 Å². The summed E-state index contributed by atoms with van der Waals surface area (Å²) in [7, 11) is 0. The SMILES string of the molecule is CC(C)[C@@H]1CN(C(=O)C2CC2)CC12CCC2. The number of amides is 1. The van der Waals surface area contributed by atoms with Gasteiger partial charge in [0.1, 0.15) is 0 Å². The summed E-state index contributed by atoms with van der Waals surface area (Å²) in [6.07, 6.45) is 6.41. The summed E-state index contributed by atoms with van der Waals surface area (Å²) in [5, 5.41) is 0. The number of carbonyl (C=O) groups excluding carboxylic acids is 1. The molecule has 3 aliphatic rings. The van der Waals surface area contributed by atoms with Gasteiger partial charge in [0.25, 0.3) is 0 Å². The van der Waals surface area contributed by atoms with E-state index in [0.717, 1.165) is 37.8 Å². The standard InChI is InChI=1S/C14H23NO/c1-10(2)12-8-15(13(16)11-4-5-11)9-14(12)6-3-7-14/h10-12H,3-9H2,1-2H3/t12-/m0/s1. The molecule has 1 saturated heterocycles. The lowest BCUT2D eigenvalue weighted by atomic mass is 9.60. The van der Waals surface area contributed by atoms with Gasteiger partial charge in [-0.1, -0.05) is 20.3 Å². The fourth-order valence-corrected chi connectivity index (χ4v) is 3.83. The van der Waals surface area contributed by atoms with E-state index in [2.05, 4.69) is 18.7 Å². The summed E-state index contributed by atoms with van der Waals surface area (Å²) in [6.45, 7) is 6.78. The van der Waals surface area contributed by atoms with Crippen LogP contribution < -0.4 is 0 Å². The molecule has 0 aromatic carbocycles. The first-order chi connectivity index (χ1) is 7.62. The Morgan fingerprint density at radius 2 is 2.00 bits per heavy atom. The van der Waals surface area contributed by atoms with Crippen molar-refractivity contribution in [3.63, 3.8) is 0 Å². The first-order valence-electron chi connectivity index (χ1n) is 6.91. The molecule has 1 amide bonds. The minimum absolute atomic E-state index is 0.406. The lowest BCUT2D eigenvalue weighted by Crippen LogP contribution is -2.40. The van der Waals surface area contributed by atoms with Gasteiger partial charge in [0, 0.05) is 19.0 Å². The quantitative estimate of drug-likeness (QED) is 0.702. The Kier molecular flexibility index (Phi) is 2.31. The van der Waals surface area contributed by atoms with Gasteiger partial charge in [-0.3, -0.25) is 4.79 Å². The van der Waals surface area contributed by atoms with Crippen molar-refractivity contribution in [2.45, 2.75) is 46.0 Å². The lowest BCUT2D eigenvalue weighted by molar-refractivity contribution is -0.132. The van der Waals surface area contributed by atoms with Gasteiger partial charge in [-0.2, -0.15) is 0 Å². The third kappa shape index (κ3) is 1.49. The van der Waals surface area contributed by atoms with Crippen molar-refractivity contribution in [1.29, 1.82) is 0 Å². The molecule has 0 bridgehead atoms. The maximum atomic E-state index is 12.1. The molecule has 0 radical (unpaired) electrons. The normalized spacial score (nSPS) is 32.2. The van der Waals surface area contributed by atoms with Gasteiger partial charge >= 0.3 is 0 Å². The summed E-state index contributed by atoms with van der Waals surface area (Å²) in [6, 6.07) is 0. The van der Waals surface area contributed by atoms with Crippen molar-refractivity contribution in [2.75, 3.05) is 13.1 Å². The summed E-state index contributed by atoms with van der Waals surface area (Å²) >= 11 is 0. The highest BCUT2D eigenvalue weighted by atomic mass is 16.2. The van der Waals surface area contributed by atoms with Crippen LogP contribution in [0, 0.1) is 23.2 Å². The van der Waals surface area contributed by atoms with Gasteiger partial charge in [-0.05, 0) is 42.9 Å². The monoisotopic (exact) mass is 221 g/mol. The Morgan fingerprint density at radius 3 is 2.38 bits per heavy atom. The molecule has 90 valence electrons. The molecule has 0 N–H and O–H groups in total. The van der Waals surface area contributed by atoms with E-state index in [9.17, 15) is 4.79 Å². The van der Waals surface area contributed by atoms with Crippen molar-refractivity contribution in [2.24, 2.45) is 23.2 Å². The summed E-state index contributed by atoms with van der Waals surface area (Å²) in [5.74, 6) is 2.37. The van der Waals surface area contributed by atoms with E-state index >= 15 is 0 Å². The van der Waals surface area contributed by atoms with Crippen LogP contribution in [0.15, 0.2) is 0 Å². The van der Waals surface area contributed by atoms with Crippen molar-refractivity contribution in [3.05, 3.63) is 0 Å². The molecule has 16 heavy (non-hydrogen) atoms. The van der Waals surface area contributed by atoms with Crippen LogP contribution in [0.4, 0.5) is 0 Å². The molecule has 2 saturated carbocycles. The molecule has 2 heteroatoms. The minimum Gasteiger partial charge on any atom is -0.342 e. The van der Waals surface area contributed by atoms with Crippen LogP contribution in [-0.2, 0) is 4.79 Å². The van der Waals surface area contributed by atoms with Crippen molar-refractivity contribution < 1.29 is 4.79 Å². The molecule has 1 heterocycles. The first-order valence-corrected chi connectivity index (χ1v) is 6.91. The third-order valence-corrected chi connectivity index (χ3v) is 5.10. The van der Waals surface area contributed by atoms with Crippen molar-refractivity contribution >= 4 is 5.91 Å². The van der Waals surface area contributed by atoms with E-state index in [1.165, 1.54) is 19.3 Å². The summed E-state index contributed by atoms with van der Waals surface area (Å²) in [4.78, 5) is 14.3. The van der Waals surface area contributed by atoms with Crippen LogP contribution in [0.1, 0.15) is 46.0 Å². The largest absolute Gasteiger partial charge is 0.342 e. The summed E-state index contributed by atoms with van der Waals surface area (Å²) < 4.78 is 0. The Balaban J connectivity index is 1.73. The second-order valence-corrected chi connectivity index (χ2v) is 6.56. The zero-order chi connectivity index (χ0) is 11.3. The highest BCUT2D eigenvalue weighted by Crippen LogP contribution is 2.54. The third-order valence-electron chi connectivity index (χ3n) is 5.10. The Bertz CT molecular complexity index is 302. The fourth-order valence-electron chi connectivity index (χ4n) is 3.83. The lowest BCUT2D eigenvalue weighted by Gasteiger charge is -2.44. The minimum atomic E-state index is 0.406. The average Bonchev–Trinajstić information content (AvgIpc) is 2.93. The van der Waals surface area contributed by atoms with E-state index < -0.39 is 0 Å². The zero-order valence-corrected chi connectivity index (χ0v) is 10.5. The average molecular weight is 221 g/mol. The van der Waals surface area contributed by atoms with E-state index in [4.69, 9.17) is 0 Å². The number of carbonyl (C=O) groups is 1. The fraction of sp³-hybridized carbons (Fsp3) is 0.929. The molecule has 0 aromatic heterocycles. The second kappa shape index (κ2) is 3.48. The Morgan fingerprint density at radius 1 is 1.31 bits per heavy atom. The molecule has 1 aliphatic heterocycles. The van der Waals surface area contributed by atoms with Crippen molar-refractivity contribution in [3.8, 4) is 0 Å². The highest BCUT2D eigenvalue weighted by Gasteiger charge is 2.53. The van der Waals surface area contributed by atoms with Gasteiger partial charge in [0.15, 0.2) is 0 Å².